The van der Waals surface area contributed by atoms with Crippen LogP contribution in [0.4, 0.5) is 0 Å². The van der Waals surface area contributed by atoms with E-state index in [4.69, 9.17) is 0 Å². The summed E-state index contributed by atoms with van der Waals surface area (Å²) in [4.78, 5) is 11.4. The summed E-state index contributed by atoms with van der Waals surface area (Å²) >= 11 is 3.50. The molecule has 5 aromatic carbocycles. The first kappa shape index (κ1) is 27.5. The summed E-state index contributed by atoms with van der Waals surface area (Å²) in [6.07, 6.45) is 4.28. The van der Waals surface area contributed by atoms with Crippen molar-refractivity contribution in [3.8, 4) is 11.1 Å². The Hall–Kier alpha value is -4.67. The number of hydrogen-bond acceptors (Lipinski definition) is 1. The van der Waals surface area contributed by atoms with Gasteiger partial charge in [0.05, 0.1) is 0 Å². The Labute approximate surface area is 254 Å². The van der Waals surface area contributed by atoms with Gasteiger partial charge in [0.1, 0.15) is 0 Å². The van der Waals surface area contributed by atoms with Crippen LogP contribution in [0, 0.1) is 0 Å². The summed E-state index contributed by atoms with van der Waals surface area (Å²) in [6, 6.07) is 46.1. The lowest BCUT2D eigenvalue weighted by molar-refractivity contribution is 0.101. The van der Waals surface area contributed by atoms with Gasteiger partial charge in [-0.05, 0) is 71.6 Å². The molecule has 42 heavy (non-hydrogen) atoms. The van der Waals surface area contributed by atoms with Crippen LogP contribution in [0.5, 0.6) is 0 Å². The maximum Gasteiger partial charge on any atom is 0.159 e. The molecular weight excluding hydrogens is 580 g/mol. The summed E-state index contributed by atoms with van der Waals surface area (Å²) in [5.41, 5.74) is 8.17. The standard InChI is InChI=1S/C23H19NO.C15H12BrN/c1-17(25)19-7-9-20(10-8-19)21-11-12-23-22(15-21)13-14-24(23)16-18-5-3-2-4-6-18;16-14-6-7-15-13(10-14)8-9-17(15)11-12-4-2-1-3-5-12/h2-15H,16H2,1H3;1-10H,11H2. The topological polar surface area (TPSA) is 26.9 Å². The molecule has 2 aromatic heterocycles. The third-order valence-corrected chi connectivity index (χ3v) is 8.01. The van der Waals surface area contributed by atoms with Gasteiger partial charge in [0.25, 0.3) is 0 Å². The molecule has 7 rings (SSSR count). The first-order valence-electron chi connectivity index (χ1n) is 14.1. The minimum Gasteiger partial charge on any atom is -0.343 e. The second-order valence-corrected chi connectivity index (χ2v) is 11.4. The normalized spacial score (nSPS) is 10.9. The highest BCUT2D eigenvalue weighted by molar-refractivity contribution is 9.10. The molecule has 206 valence electrons. The molecule has 0 aliphatic heterocycles. The van der Waals surface area contributed by atoms with E-state index in [-0.39, 0.29) is 5.78 Å². The molecule has 0 aliphatic rings. The number of hydrogen-bond donors (Lipinski definition) is 0. The predicted octanol–water partition coefficient (Wildman–Crippen LogP) is 10.0. The van der Waals surface area contributed by atoms with Gasteiger partial charge in [-0.3, -0.25) is 4.79 Å². The Morgan fingerprint density at radius 1 is 0.571 bits per heavy atom. The Morgan fingerprint density at radius 3 is 1.62 bits per heavy atom. The van der Waals surface area contributed by atoms with Crippen molar-refractivity contribution in [1.82, 2.24) is 9.13 Å². The maximum absolute atomic E-state index is 11.4. The number of nitrogens with zero attached hydrogens (tertiary/aromatic N) is 2. The van der Waals surface area contributed by atoms with E-state index >= 15 is 0 Å². The molecule has 0 radical (unpaired) electrons. The molecule has 7 aromatic rings. The fraction of sp³-hybridized carbons (Fsp3) is 0.0789. The van der Waals surface area contributed by atoms with E-state index < -0.39 is 0 Å². The Morgan fingerprint density at radius 2 is 1.07 bits per heavy atom. The van der Waals surface area contributed by atoms with Gasteiger partial charge < -0.3 is 9.13 Å². The Bertz CT molecular complexity index is 1950. The van der Waals surface area contributed by atoms with Gasteiger partial charge in [0.2, 0.25) is 0 Å². The molecule has 2 heterocycles. The quantitative estimate of drug-likeness (QED) is 0.172. The summed E-state index contributed by atoms with van der Waals surface area (Å²) in [5.74, 6) is 0.0972. The van der Waals surface area contributed by atoms with Crippen molar-refractivity contribution in [1.29, 1.82) is 0 Å². The number of carbonyl (C=O) groups excluding carboxylic acids is 1. The van der Waals surface area contributed by atoms with Crippen molar-refractivity contribution >= 4 is 43.5 Å². The highest BCUT2D eigenvalue weighted by Crippen LogP contribution is 2.26. The zero-order valence-electron chi connectivity index (χ0n) is 23.5. The van der Waals surface area contributed by atoms with E-state index in [0.29, 0.717) is 0 Å². The van der Waals surface area contributed by atoms with Gasteiger partial charge in [-0.15, -0.1) is 0 Å². The molecule has 0 bridgehead atoms. The number of benzene rings is 5. The first-order valence-corrected chi connectivity index (χ1v) is 14.9. The largest absolute Gasteiger partial charge is 0.343 e. The molecule has 0 spiro atoms. The van der Waals surface area contributed by atoms with E-state index in [0.717, 1.165) is 28.7 Å². The van der Waals surface area contributed by atoms with Crippen LogP contribution in [0.25, 0.3) is 32.9 Å². The first-order chi connectivity index (χ1) is 20.5. The van der Waals surface area contributed by atoms with Gasteiger partial charge in [-0.25, -0.2) is 0 Å². The fourth-order valence-electron chi connectivity index (χ4n) is 5.28. The third kappa shape index (κ3) is 6.29. The fourth-order valence-corrected chi connectivity index (χ4v) is 5.66. The van der Waals surface area contributed by atoms with Crippen LogP contribution in [0.15, 0.2) is 150 Å². The average molecular weight is 612 g/mol. The van der Waals surface area contributed by atoms with Crippen LogP contribution in [0.3, 0.4) is 0 Å². The molecule has 0 aliphatic carbocycles. The van der Waals surface area contributed by atoms with Crippen molar-refractivity contribution < 1.29 is 4.79 Å². The number of fused-ring (bicyclic) bond motifs is 2. The summed E-state index contributed by atoms with van der Waals surface area (Å²) in [6.45, 7) is 3.39. The number of carbonyl (C=O) groups is 1. The molecule has 0 atom stereocenters. The molecule has 0 N–H and O–H groups in total. The van der Waals surface area contributed by atoms with Gasteiger partial charge in [0, 0.05) is 57.3 Å². The van der Waals surface area contributed by atoms with Crippen LogP contribution >= 0.6 is 15.9 Å². The lowest BCUT2D eigenvalue weighted by atomic mass is 10.0. The van der Waals surface area contributed by atoms with E-state index in [2.05, 4.69) is 135 Å². The number of rotatable bonds is 6. The van der Waals surface area contributed by atoms with Crippen LogP contribution in [0.1, 0.15) is 28.4 Å². The maximum atomic E-state index is 11.4. The van der Waals surface area contributed by atoms with E-state index in [1.165, 1.54) is 38.5 Å². The van der Waals surface area contributed by atoms with Gasteiger partial charge in [-0.2, -0.15) is 0 Å². The van der Waals surface area contributed by atoms with Crippen LogP contribution in [-0.2, 0) is 13.1 Å². The monoisotopic (exact) mass is 610 g/mol. The van der Waals surface area contributed by atoms with Crippen molar-refractivity contribution in [3.63, 3.8) is 0 Å². The van der Waals surface area contributed by atoms with Gasteiger partial charge in [0.15, 0.2) is 5.78 Å². The van der Waals surface area contributed by atoms with Crippen LogP contribution in [-0.4, -0.2) is 14.9 Å². The lowest BCUT2D eigenvalue weighted by Gasteiger charge is -2.07. The van der Waals surface area contributed by atoms with Gasteiger partial charge >= 0.3 is 0 Å². The number of Topliss-reactive ketones (excluding diaryl/α,β-unsaturated/α-hetero) is 1. The molecule has 0 saturated heterocycles. The minimum absolute atomic E-state index is 0.0972. The highest BCUT2D eigenvalue weighted by Gasteiger charge is 2.06. The van der Waals surface area contributed by atoms with E-state index in [9.17, 15) is 4.79 Å². The molecule has 3 nitrogen and oxygen atoms in total. The molecule has 0 fully saturated rings. The number of halogens is 1. The highest BCUT2D eigenvalue weighted by atomic mass is 79.9. The van der Waals surface area contributed by atoms with Gasteiger partial charge in [-0.1, -0.05) is 107 Å². The summed E-state index contributed by atoms with van der Waals surface area (Å²) < 4.78 is 5.67. The minimum atomic E-state index is 0.0972. The van der Waals surface area contributed by atoms with E-state index in [1.54, 1.807) is 6.92 Å². The zero-order valence-corrected chi connectivity index (χ0v) is 25.0. The summed E-state index contributed by atoms with van der Waals surface area (Å²) in [5, 5.41) is 2.50. The number of ketones is 1. The second-order valence-electron chi connectivity index (χ2n) is 10.5. The van der Waals surface area contributed by atoms with Crippen molar-refractivity contribution in [3.05, 3.63) is 167 Å². The second kappa shape index (κ2) is 12.5. The number of aromatic nitrogens is 2. The average Bonchev–Trinajstić information content (AvgIpc) is 3.61. The molecular formula is C38H31BrN2O. The predicted molar refractivity (Wildman–Crippen MR) is 178 cm³/mol. The molecule has 4 heteroatoms. The Balaban J connectivity index is 0.000000162. The van der Waals surface area contributed by atoms with E-state index in [1.807, 2.05) is 36.4 Å². The third-order valence-electron chi connectivity index (χ3n) is 7.52. The van der Waals surface area contributed by atoms with Crippen molar-refractivity contribution in [2.45, 2.75) is 20.0 Å². The molecule has 0 amide bonds. The van der Waals surface area contributed by atoms with Crippen molar-refractivity contribution in [2.24, 2.45) is 0 Å². The van der Waals surface area contributed by atoms with Crippen LogP contribution in [0.2, 0.25) is 0 Å². The molecule has 0 unspecified atom stereocenters. The smallest absolute Gasteiger partial charge is 0.159 e. The molecule has 0 saturated carbocycles. The van der Waals surface area contributed by atoms with Crippen LogP contribution < -0.4 is 0 Å². The van der Waals surface area contributed by atoms with Crippen molar-refractivity contribution in [2.75, 3.05) is 0 Å². The zero-order chi connectivity index (χ0) is 28.9. The SMILES string of the molecule is Brc1ccc2c(ccn2Cc2ccccc2)c1.CC(=O)c1ccc(-c2ccc3c(ccn3Cc3ccccc3)c2)cc1. The summed E-state index contributed by atoms with van der Waals surface area (Å²) in [7, 11) is 0. The lowest BCUT2D eigenvalue weighted by Crippen LogP contribution is -1.97. The Kier molecular flexibility index (Phi) is 8.16.